The van der Waals surface area contributed by atoms with Crippen molar-refractivity contribution >= 4 is 15.9 Å². The largest absolute Gasteiger partial charge is 0.0579 e. The highest BCUT2D eigenvalue weighted by atomic mass is 79.9. The molecule has 0 atom stereocenters. The van der Waals surface area contributed by atoms with Crippen LogP contribution in [0.3, 0.4) is 0 Å². The van der Waals surface area contributed by atoms with Gasteiger partial charge in [-0.3, -0.25) is 0 Å². The van der Waals surface area contributed by atoms with Crippen LogP contribution in [-0.2, 0) is 5.41 Å². The van der Waals surface area contributed by atoms with Gasteiger partial charge in [-0.1, -0.05) is 59.3 Å². The van der Waals surface area contributed by atoms with Crippen LogP contribution in [0, 0.1) is 0 Å². The summed E-state index contributed by atoms with van der Waals surface area (Å²) in [5.74, 6) is 0. The fraction of sp³-hybridized carbons (Fsp3) is 0.250. The van der Waals surface area contributed by atoms with Gasteiger partial charge in [0.25, 0.3) is 0 Å². The quantitative estimate of drug-likeness (QED) is 0.715. The van der Waals surface area contributed by atoms with Gasteiger partial charge in [-0.25, -0.2) is 0 Å². The molecule has 0 unspecified atom stereocenters. The fourth-order valence-electron chi connectivity index (χ4n) is 2.18. The van der Waals surface area contributed by atoms with Crippen molar-refractivity contribution in [3.05, 3.63) is 58.6 Å². The van der Waals surface area contributed by atoms with Gasteiger partial charge in [0.15, 0.2) is 0 Å². The molecule has 0 amide bonds. The van der Waals surface area contributed by atoms with E-state index in [9.17, 15) is 0 Å². The minimum atomic E-state index is 0.470. The number of hydrogen-bond donors (Lipinski definition) is 0. The van der Waals surface area contributed by atoms with Crippen molar-refractivity contribution in [2.75, 3.05) is 0 Å². The van der Waals surface area contributed by atoms with Crippen molar-refractivity contribution in [2.24, 2.45) is 0 Å². The van der Waals surface area contributed by atoms with Crippen molar-refractivity contribution in [1.29, 1.82) is 0 Å². The van der Waals surface area contributed by atoms with Crippen LogP contribution in [0.5, 0.6) is 0 Å². The maximum atomic E-state index is 3.46. The predicted molar refractivity (Wildman–Crippen MR) is 76.2 cm³/mol. The summed E-state index contributed by atoms with van der Waals surface area (Å²) in [6.07, 6.45) is 2.68. The highest BCUT2D eigenvalue weighted by Crippen LogP contribution is 2.47. The highest BCUT2D eigenvalue weighted by Gasteiger charge is 2.38. The number of rotatable bonds is 2. The molecule has 0 bridgehead atoms. The molecule has 1 fully saturated rings. The van der Waals surface area contributed by atoms with E-state index in [1.807, 2.05) is 0 Å². The molecular formula is C16H15Br. The van der Waals surface area contributed by atoms with Crippen molar-refractivity contribution in [2.45, 2.75) is 25.2 Å². The lowest BCUT2D eigenvalue weighted by atomic mass is 9.95. The Kier molecular flexibility index (Phi) is 2.59. The molecule has 3 rings (SSSR count). The molecule has 1 heteroatoms. The number of halogens is 1. The monoisotopic (exact) mass is 286 g/mol. The predicted octanol–water partition coefficient (Wildman–Crippen LogP) is 5.17. The van der Waals surface area contributed by atoms with Crippen LogP contribution in [0.25, 0.3) is 11.1 Å². The highest BCUT2D eigenvalue weighted by molar-refractivity contribution is 9.10. The van der Waals surface area contributed by atoms with Crippen LogP contribution in [0.2, 0.25) is 0 Å². The summed E-state index contributed by atoms with van der Waals surface area (Å²) in [4.78, 5) is 0. The second-order valence-corrected chi connectivity index (χ2v) is 6.06. The molecule has 2 aromatic rings. The first-order chi connectivity index (χ1) is 8.17. The van der Waals surface area contributed by atoms with Gasteiger partial charge in [0.05, 0.1) is 0 Å². The fourth-order valence-corrected chi connectivity index (χ4v) is 2.45. The maximum Gasteiger partial charge on any atom is 0.0175 e. The minimum absolute atomic E-state index is 0.470. The van der Waals surface area contributed by atoms with Crippen LogP contribution in [0.15, 0.2) is 53.0 Å². The van der Waals surface area contributed by atoms with Gasteiger partial charge in [0.1, 0.15) is 0 Å². The van der Waals surface area contributed by atoms with E-state index in [0.29, 0.717) is 5.41 Å². The van der Waals surface area contributed by atoms with E-state index in [1.165, 1.54) is 29.5 Å². The first-order valence-electron chi connectivity index (χ1n) is 6.04. The molecule has 0 radical (unpaired) electrons. The molecule has 0 heterocycles. The van der Waals surface area contributed by atoms with E-state index in [2.05, 4.69) is 71.4 Å². The molecule has 0 spiro atoms. The zero-order valence-corrected chi connectivity index (χ0v) is 11.5. The molecule has 2 aromatic carbocycles. The molecule has 0 aliphatic heterocycles. The third kappa shape index (κ3) is 2.16. The molecule has 86 valence electrons. The molecule has 0 aromatic heterocycles. The molecular weight excluding hydrogens is 272 g/mol. The van der Waals surface area contributed by atoms with Gasteiger partial charge in [-0.05, 0) is 47.1 Å². The molecule has 1 aliphatic carbocycles. The third-order valence-corrected chi connectivity index (χ3v) is 4.29. The Morgan fingerprint density at radius 2 is 1.29 bits per heavy atom. The Morgan fingerprint density at radius 3 is 1.76 bits per heavy atom. The number of hydrogen-bond acceptors (Lipinski definition) is 0. The van der Waals surface area contributed by atoms with Crippen LogP contribution in [0.1, 0.15) is 25.3 Å². The van der Waals surface area contributed by atoms with Gasteiger partial charge in [-0.2, -0.15) is 0 Å². The Bertz CT molecular complexity index is 518. The topological polar surface area (TPSA) is 0 Å². The van der Waals surface area contributed by atoms with E-state index >= 15 is 0 Å². The molecule has 0 nitrogen and oxygen atoms in total. The SMILES string of the molecule is CC1(c2ccc(-c3ccc(Br)cc3)cc2)CC1. The van der Waals surface area contributed by atoms with Crippen molar-refractivity contribution < 1.29 is 0 Å². The first kappa shape index (κ1) is 11.0. The smallest absolute Gasteiger partial charge is 0.0175 e. The summed E-state index contributed by atoms with van der Waals surface area (Å²) in [5, 5.41) is 0. The van der Waals surface area contributed by atoms with E-state index in [-0.39, 0.29) is 0 Å². The molecule has 0 saturated heterocycles. The number of benzene rings is 2. The minimum Gasteiger partial charge on any atom is -0.0579 e. The van der Waals surface area contributed by atoms with Crippen LogP contribution in [0.4, 0.5) is 0 Å². The lowest BCUT2D eigenvalue weighted by Gasteiger charge is -2.09. The first-order valence-corrected chi connectivity index (χ1v) is 6.83. The summed E-state index contributed by atoms with van der Waals surface area (Å²) in [7, 11) is 0. The Morgan fingerprint density at radius 1 is 0.824 bits per heavy atom. The molecule has 17 heavy (non-hydrogen) atoms. The van der Waals surface area contributed by atoms with Crippen molar-refractivity contribution in [3.63, 3.8) is 0 Å². The summed E-state index contributed by atoms with van der Waals surface area (Å²) >= 11 is 3.46. The summed E-state index contributed by atoms with van der Waals surface area (Å²) in [6.45, 7) is 2.35. The molecule has 0 N–H and O–H groups in total. The molecule has 1 aliphatic rings. The maximum absolute atomic E-state index is 3.46. The zero-order valence-electron chi connectivity index (χ0n) is 9.91. The van der Waals surface area contributed by atoms with Gasteiger partial charge in [0, 0.05) is 4.47 Å². The zero-order chi connectivity index (χ0) is 11.9. The lowest BCUT2D eigenvalue weighted by Crippen LogP contribution is -1.98. The van der Waals surface area contributed by atoms with E-state index in [0.717, 1.165) is 4.47 Å². The third-order valence-electron chi connectivity index (χ3n) is 3.76. The normalized spacial score (nSPS) is 16.8. The Balaban J connectivity index is 1.91. The van der Waals surface area contributed by atoms with Crippen molar-refractivity contribution in [3.8, 4) is 11.1 Å². The summed E-state index contributed by atoms with van der Waals surface area (Å²) in [5.41, 5.74) is 4.53. The van der Waals surface area contributed by atoms with Crippen molar-refractivity contribution in [1.82, 2.24) is 0 Å². The molecule has 1 saturated carbocycles. The summed E-state index contributed by atoms with van der Waals surface area (Å²) in [6, 6.07) is 17.5. The van der Waals surface area contributed by atoms with Gasteiger partial charge in [0.2, 0.25) is 0 Å². The second-order valence-electron chi connectivity index (χ2n) is 5.14. The van der Waals surface area contributed by atoms with E-state index < -0.39 is 0 Å². The Hall–Kier alpha value is -1.08. The van der Waals surface area contributed by atoms with Gasteiger partial charge in [-0.15, -0.1) is 0 Å². The lowest BCUT2D eigenvalue weighted by molar-refractivity contribution is 0.788. The van der Waals surface area contributed by atoms with Crippen LogP contribution in [-0.4, -0.2) is 0 Å². The van der Waals surface area contributed by atoms with E-state index in [1.54, 1.807) is 0 Å². The Labute approximate surface area is 111 Å². The van der Waals surface area contributed by atoms with E-state index in [4.69, 9.17) is 0 Å². The van der Waals surface area contributed by atoms with Gasteiger partial charge < -0.3 is 0 Å². The average molecular weight is 287 g/mol. The second kappa shape index (κ2) is 3.99. The van der Waals surface area contributed by atoms with Gasteiger partial charge >= 0.3 is 0 Å². The van der Waals surface area contributed by atoms with Crippen LogP contribution >= 0.6 is 15.9 Å². The van der Waals surface area contributed by atoms with Crippen LogP contribution < -0.4 is 0 Å². The average Bonchev–Trinajstić information content (AvgIpc) is 3.10. The standard InChI is InChI=1S/C16H15Br/c1-16(10-11-16)14-6-2-12(3-7-14)13-4-8-15(17)9-5-13/h2-9H,10-11H2,1H3. The summed E-state index contributed by atoms with van der Waals surface area (Å²) < 4.78 is 1.13.